The third-order valence-electron chi connectivity index (χ3n) is 5.43. The first-order chi connectivity index (χ1) is 16.3. The molecular formula is C25H22Cl2N2O4S. The number of amidine groups is 1. The molecule has 0 amide bonds. The average molecular weight is 517 g/mol. The molecule has 6 nitrogen and oxygen atoms in total. The summed E-state index contributed by atoms with van der Waals surface area (Å²) in [4.78, 5) is 16.6. The number of nitrogens with zero attached hydrogens (tertiary/aromatic N) is 2. The maximum absolute atomic E-state index is 13.7. The van der Waals surface area contributed by atoms with E-state index in [-0.39, 0.29) is 17.3 Å². The molecule has 0 unspecified atom stereocenters. The van der Waals surface area contributed by atoms with E-state index in [1.165, 1.54) is 12.1 Å². The summed E-state index contributed by atoms with van der Waals surface area (Å²) < 4.78 is 34.0. The molecule has 9 heteroatoms. The molecule has 1 aliphatic rings. The minimum atomic E-state index is -4.23. The number of aliphatic imine (C=N–C) groups is 1. The van der Waals surface area contributed by atoms with Gasteiger partial charge in [-0.1, -0.05) is 102 Å². The summed E-state index contributed by atoms with van der Waals surface area (Å²) in [5.41, 5.74) is 2.30. The number of hydrogen-bond acceptors (Lipinski definition) is 5. The molecule has 176 valence electrons. The first-order valence-electron chi connectivity index (χ1n) is 10.5. The highest BCUT2D eigenvalue weighted by molar-refractivity contribution is 7.89. The lowest BCUT2D eigenvalue weighted by Gasteiger charge is -2.28. The van der Waals surface area contributed by atoms with E-state index in [1.54, 1.807) is 36.4 Å². The Morgan fingerprint density at radius 3 is 2.15 bits per heavy atom. The molecule has 1 heterocycles. The van der Waals surface area contributed by atoms with Gasteiger partial charge in [-0.2, -0.15) is 0 Å². The van der Waals surface area contributed by atoms with Gasteiger partial charge in [0, 0.05) is 0 Å². The Morgan fingerprint density at radius 1 is 0.971 bits per heavy atom. The van der Waals surface area contributed by atoms with Crippen LogP contribution >= 0.6 is 23.2 Å². The van der Waals surface area contributed by atoms with Crippen molar-refractivity contribution in [2.75, 3.05) is 0 Å². The lowest BCUT2D eigenvalue weighted by atomic mass is 10.0. The largest absolute Gasteiger partial charge is 0.459 e. The number of aryl methyl sites for hydroxylation is 1. The zero-order valence-electron chi connectivity index (χ0n) is 18.2. The molecule has 0 N–H and O–H groups in total. The van der Waals surface area contributed by atoms with E-state index in [9.17, 15) is 13.2 Å². The van der Waals surface area contributed by atoms with Gasteiger partial charge in [0.25, 0.3) is 10.0 Å². The number of halogens is 2. The van der Waals surface area contributed by atoms with Crippen molar-refractivity contribution in [2.24, 2.45) is 4.99 Å². The SMILES string of the molecule is Cc1ccc(S(=O)(=O)N2C(C(Cl)Cl)=N[C@H](c3ccccc3)[C@H]2C(=O)OCc2ccccc2)cc1. The normalized spacial score (nSPS) is 18.1. The first-order valence-corrected chi connectivity index (χ1v) is 12.8. The smallest absolute Gasteiger partial charge is 0.332 e. The van der Waals surface area contributed by atoms with Gasteiger partial charge in [0.15, 0.2) is 10.9 Å². The molecule has 1 aliphatic heterocycles. The lowest BCUT2D eigenvalue weighted by molar-refractivity contribution is -0.149. The first kappa shape index (κ1) is 24.3. The molecule has 0 aromatic heterocycles. The second-order valence-corrected chi connectivity index (χ2v) is 10.7. The maximum atomic E-state index is 13.7. The van der Waals surface area contributed by atoms with Crippen molar-refractivity contribution in [3.8, 4) is 0 Å². The molecule has 2 atom stereocenters. The van der Waals surface area contributed by atoms with Crippen LogP contribution in [0.2, 0.25) is 0 Å². The van der Waals surface area contributed by atoms with Crippen LogP contribution in [0.25, 0.3) is 0 Å². The van der Waals surface area contributed by atoms with Gasteiger partial charge >= 0.3 is 5.97 Å². The van der Waals surface area contributed by atoms with Crippen molar-refractivity contribution in [1.29, 1.82) is 0 Å². The fourth-order valence-corrected chi connectivity index (χ4v) is 5.78. The average Bonchev–Trinajstić information content (AvgIpc) is 3.26. The summed E-state index contributed by atoms with van der Waals surface area (Å²) in [5.74, 6) is -0.874. The number of sulfonamides is 1. The maximum Gasteiger partial charge on any atom is 0.332 e. The highest BCUT2D eigenvalue weighted by atomic mass is 35.5. The number of carbonyl (C=O) groups excluding carboxylic acids is 1. The van der Waals surface area contributed by atoms with Crippen LogP contribution in [-0.4, -0.2) is 35.4 Å². The minimum Gasteiger partial charge on any atom is -0.459 e. The molecular weight excluding hydrogens is 495 g/mol. The standard InChI is InChI=1S/C25H22Cl2N2O4S/c1-17-12-14-20(15-13-17)34(31,32)29-22(25(30)33-16-18-8-4-2-5-9-18)21(28-24(29)23(26)27)19-10-6-3-7-11-19/h2-15,21-23H,16H2,1H3/t21-,22+/m1/s1. The van der Waals surface area contributed by atoms with Gasteiger partial charge in [-0.25, -0.2) is 17.5 Å². The van der Waals surface area contributed by atoms with Crippen molar-refractivity contribution >= 4 is 45.0 Å². The summed E-state index contributed by atoms with van der Waals surface area (Å²) in [5, 5.41) is 0. The highest BCUT2D eigenvalue weighted by Crippen LogP contribution is 2.38. The van der Waals surface area contributed by atoms with Gasteiger partial charge in [-0.3, -0.25) is 4.99 Å². The van der Waals surface area contributed by atoms with Crippen LogP contribution in [0.3, 0.4) is 0 Å². The van der Waals surface area contributed by atoms with E-state index in [0.717, 1.165) is 15.4 Å². The van der Waals surface area contributed by atoms with Gasteiger partial charge < -0.3 is 4.74 Å². The third-order valence-corrected chi connectivity index (χ3v) is 7.62. The highest BCUT2D eigenvalue weighted by Gasteiger charge is 2.50. The molecule has 0 bridgehead atoms. The number of rotatable bonds is 7. The summed E-state index contributed by atoms with van der Waals surface area (Å²) in [6.07, 6.45) is 0. The number of hydrogen-bond donors (Lipinski definition) is 0. The number of carbonyl (C=O) groups is 1. The molecule has 0 spiro atoms. The zero-order valence-corrected chi connectivity index (χ0v) is 20.5. The Morgan fingerprint density at radius 2 is 1.56 bits per heavy atom. The molecule has 0 radical (unpaired) electrons. The van der Waals surface area contributed by atoms with E-state index in [2.05, 4.69) is 4.99 Å². The molecule has 0 saturated heterocycles. The van der Waals surface area contributed by atoms with Crippen molar-refractivity contribution in [3.05, 3.63) is 102 Å². The Kier molecular flexibility index (Phi) is 7.26. The van der Waals surface area contributed by atoms with Gasteiger partial charge in [0.05, 0.1) is 4.90 Å². The van der Waals surface area contributed by atoms with Gasteiger partial charge in [-0.15, -0.1) is 0 Å². The van der Waals surface area contributed by atoms with Gasteiger partial charge in [-0.05, 0) is 30.2 Å². The molecule has 3 aromatic rings. The lowest BCUT2D eigenvalue weighted by Crippen LogP contribution is -2.48. The van der Waals surface area contributed by atoms with E-state index in [1.807, 2.05) is 43.3 Å². The van der Waals surface area contributed by atoms with E-state index < -0.39 is 32.9 Å². The third kappa shape index (κ3) is 4.97. The van der Waals surface area contributed by atoms with Gasteiger partial charge in [0.2, 0.25) is 0 Å². The van der Waals surface area contributed by atoms with Crippen molar-refractivity contribution < 1.29 is 17.9 Å². The topological polar surface area (TPSA) is 76.0 Å². The van der Waals surface area contributed by atoms with Gasteiger partial charge in [0.1, 0.15) is 18.5 Å². The van der Waals surface area contributed by atoms with Crippen LogP contribution in [0, 0.1) is 6.92 Å². The minimum absolute atomic E-state index is 0.00523. The van der Waals surface area contributed by atoms with Crippen molar-refractivity contribution in [2.45, 2.75) is 35.3 Å². The zero-order chi connectivity index (χ0) is 24.3. The van der Waals surface area contributed by atoms with Crippen LogP contribution in [-0.2, 0) is 26.2 Å². The summed E-state index contributed by atoms with van der Waals surface area (Å²) in [6, 6.07) is 22.2. The summed E-state index contributed by atoms with van der Waals surface area (Å²) >= 11 is 12.3. The summed E-state index contributed by atoms with van der Waals surface area (Å²) in [6.45, 7) is 1.83. The van der Waals surface area contributed by atoms with Crippen LogP contribution < -0.4 is 0 Å². The van der Waals surface area contributed by atoms with Crippen LogP contribution in [0.5, 0.6) is 0 Å². The van der Waals surface area contributed by atoms with E-state index >= 15 is 0 Å². The van der Waals surface area contributed by atoms with E-state index in [0.29, 0.717) is 5.56 Å². The van der Waals surface area contributed by atoms with Crippen molar-refractivity contribution in [1.82, 2.24) is 4.31 Å². The second-order valence-electron chi connectivity index (χ2n) is 7.80. The monoisotopic (exact) mass is 516 g/mol. The molecule has 34 heavy (non-hydrogen) atoms. The number of esters is 1. The fraction of sp³-hybridized carbons (Fsp3) is 0.200. The van der Waals surface area contributed by atoms with Crippen LogP contribution in [0.1, 0.15) is 22.7 Å². The molecule has 0 fully saturated rings. The quantitative estimate of drug-likeness (QED) is 0.325. The van der Waals surface area contributed by atoms with Crippen LogP contribution in [0.4, 0.5) is 0 Å². The van der Waals surface area contributed by atoms with E-state index in [4.69, 9.17) is 27.9 Å². The van der Waals surface area contributed by atoms with Crippen LogP contribution in [0.15, 0.2) is 94.8 Å². The molecule has 3 aromatic carbocycles. The Balaban J connectivity index is 1.77. The predicted molar refractivity (Wildman–Crippen MR) is 132 cm³/mol. The molecule has 0 saturated carbocycles. The Bertz CT molecular complexity index is 1280. The molecule has 0 aliphatic carbocycles. The predicted octanol–water partition coefficient (Wildman–Crippen LogP) is 5.05. The number of ether oxygens (including phenoxy) is 1. The summed E-state index contributed by atoms with van der Waals surface area (Å²) in [7, 11) is -4.23. The fourth-order valence-electron chi connectivity index (χ4n) is 3.74. The molecule has 4 rings (SSSR count). The Labute approximate surface area is 208 Å². The number of benzene rings is 3. The Hall–Kier alpha value is -2.87. The van der Waals surface area contributed by atoms with Crippen molar-refractivity contribution in [3.63, 3.8) is 0 Å². The number of alkyl halides is 2. The second kappa shape index (κ2) is 10.2.